The minimum atomic E-state index is -0.313. The number of ether oxygens (including phenoxy) is 1. The molecule has 0 radical (unpaired) electrons. The van der Waals surface area contributed by atoms with E-state index in [-0.39, 0.29) is 11.4 Å². The number of rotatable bonds is 8. The highest BCUT2D eigenvalue weighted by Crippen LogP contribution is 2.40. The highest BCUT2D eigenvalue weighted by Gasteiger charge is 2.45. The molecule has 2 fully saturated rings. The molecule has 12 nitrogen and oxygen atoms in total. The first-order chi connectivity index (χ1) is 22.5. The molecule has 2 aliphatic rings. The molecule has 3 aromatic heterocycles. The first-order valence-electron chi connectivity index (χ1n) is 15.0. The summed E-state index contributed by atoms with van der Waals surface area (Å²) in [6.45, 7) is 3.50. The topological polar surface area (TPSA) is 137 Å². The van der Waals surface area contributed by atoms with Crippen LogP contribution in [-0.2, 0) is 18.3 Å². The Morgan fingerprint density at radius 2 is 1.85 bits per heavy atom. The van der Waals surface area contributed by atoms with Gasteiger partial charge in [0.1, 0.15) is 17.5 Å². The quantitative estimate of drug-likeness (QED) is 0.243. The van der Waals surface area contributed by atoms with Crippen molar-refractivity contribution in [1.82, 2.24) is 30.0 Å². The van der Waals surface area contributed by atoms with E-state index in [2.05, 4.69) is 36.7 Å². The van der Waals surface area contributed by atoms with Crippen LogP contribution in [0.25, 0.3) is 11.1 Å². The summed E-state index contributed by atoms with van der Waals surface area (Å²) in [6.07, 6.45) is 8.00. The fourth-order valence-corrected chi connectivity index (χ4v) is 5.78. The summed E-state index contributed by atoms with van der Waals surface area (Å²) in [6, 6.07) is 22.8. The van der Waals surface area contributed by atoms with E-state index in [4.69, 9.17) is 9.72 Å². The number of nitrogens with one attached hydrogen (secondary N) is 2. The second-order valence-electron chi connectivity index (χ2n) is 11.7. The zero-order valence-electron chi connectivity index (χ0n) is 25.3. The Morgan fingerprint density at radius 1 is 1.02 bits per heavy atom. The van der Waals surface area contributed by atoms with Gasteiger partial charge in [0, 0.05) is 61.3 Å². The van der Waals surface area contributed by atoms with Crippen molar-refractivity contribution < 1.29 is 9.53 Å². The molecule has 5 aromatic rings. The van der Waals surface area contributed by atoms with Gasteiger partial charge in [0.15, 0.2) is 5.82 Å². The number of carbonyl (C=O) groups is 1. The molecule has 46 heavy (non-hydrogen) atoms. The third kappa shape index (κ3) is 5.96. The molecule has 2 N–H and O–H groups in total. The molecule has 0 saturated carbocycles. The Kier molecular flexibility index (Phi) is 7.74. The smallest absolute Gasteiger partial charge is 0.327 e. The van der Waals surface area contributed by atoms with Crippen LogP contribution in [0, 0.1) is 16.7 Å². The third-order valence-corrected chi connectivity index (χ3v) is 8.33. The number of anilines is 5. The monoisotopic (exact) mass is 612 g/mol. The lowest BCUT2D eigenvalue weighted by Crippen LogP contribution is -2.44. The van der Waals surface area contributed by atoms with Gasteiger partial charge in [-0.25, -0.2) is 19.7 Å². The Hall–Kier alpha value is -5.80. The van der Waals surface area contributed by atoms with Gasteiger partial charge in [0.05, 0.1) is 31.3 Å². The van der Waals surface area contributed by atoms with Crippen LogP contribution in [0.1, 0.15) is 17.5 Å². The van der Waals surface area contributed by atoms with Crippen molar-refractivity contribution in [2.75, 3.05) is 41.4 Å². The van der Waals surface area contributed by atoms with Crippen LogP contribution >= 0.6 is 0 Å². The van der Waals surface area contributed by atoms with Crippen molar-refractivity contribution in [2.45, 2.75) is 13.0 Å². The summed E-state index contributed by atoms with van der Waals surface area (Å²) in [7, 11) is 1.86. The molecule has 0 bridgehead atoms. The number of urea groups is 1. The average Bonchev–Trinajstić information content (AvgIpc) is 3.73. The van der Waals surface area contributed by atoms with E-state index in [1.54, 1.807) is 28.2 Å². The predicted octanol–water partition coefficient (Wildman–Crippen LogP) is 5.16. The van der Waals surface area contributed by atoms with E-state index in [0.717, 1.165) is 55.1 Å². The Labute approximate surface area is 266 Å². The maximum atomic E-state index is 13.6. The van der Waals surface area contributed by atoms with Crippen molar-refractivity contribution >= 4 is 35.0 Å². The number of nitrogens with zero attached hydrogens (tertiary/aromatic N) is 8. The first-order valence-corrected chi connectivity index (χ1v) is 15.0. The fraction of sp³-hybridized carbons (Fsp3) is 0.235. The zero-order valence-corrected chi connectivity index (χ0v) is 25.3. The van der Waals surface area contributed by atoms with Crippen molar-refractivity contribution in [1.29, 1.82) is 5.26 Å². The van der Waals surface area contributed by atoms with Gasteiger partial charge in [-0.3, -0.25) is 4.68 Å². The summed E-state index contributed by atoms with van der Waals surface area (Å²) in [4.78, 5) is 31.1. The number of aryl methyl sites for hydroxylation is 1. The Morgan fingerprint density at radius 3 is 2.50 bits per heavy atom. The SMILES string of the molecule is Cn1cc(-c2ccc(N(C(=O)NCc3ccccc3)c3ccc(Nc4ncc(C#N)c(N5CCC6(COC6)C5)n4)cc3)nc2)cn1. The largest absolute Gasteiger partial charge is 0.380 e. The van der Waals surface area contributed by atoms with Gasteiger partial charge in [0.25, 0.3) is 0 Å². The Bertz CT molecular complexity index is 1880. The molecule has 2 aliphatic heterocycles. The summed E-state index contributed by atoms with van der Waals surface area (Å²) in [5.41, 5.74) is 4.78. The zero-order chi connectivity index (χ0) is 31.5. The van der Waals surface area contributed by atoms with Crippen molar-refractivity contribution in [3.8, 4) is 17.2 Å². The molecule has 7 rings (SSSR count). The maximum Gasteiger partial charge on any atom is 0.327 e. The number of carbonyl (C=O) groups excluding carboxylic acids is 1. The second kappa shape index (κ2) is 12.3. The van der Waals surface area contributed by atoms with Crippen LogP contribution in [0.5, 0.6) is 0 Å². The lowest BCUT2D eigenvalue weighted by atomic mass is 9.85. The third-order valence-electron chi connectivity index (χ3n) is 8.33. The van der Waals surface area contributed by atoms with E-state index in [1.807, 2.05) is 80.0 Å². The van der Waals surface area contributed by atoms with E-state index in [9.17, 15) is 10.1 Å². The molecular formula is C34H32N10O2. The van der Waals surface area contributed by atoms with Crippen molar-refractivity contribution in [3.05, 3.63) is 103 Å². The van der Waals surface area contributed by atoms with Crippen LogP contribution in [0.3, 0.4) is 0 Å². The number of pyridine rings is 1. The summed E-state index contributed by atoms with van der Waals surface area (Å²) in [5, 5.41) is 20.2. The van der Waals surface area contributed by atoms with Crippen LogP contribution in [0.15, 0.2) is 91.5 Å². The van der Waals surface area contributed by atoms with E-state index in [0.29, 0.717) is 35.4 Å². The minimum absolute atomic E-state index is 0.161. The van der Waals surface area contributed by atoms with Crippen molar-refractivity contribution in [3.63, 3.8) is 0 Å². The lowest BCUT2D eigenvalue weighted by Gasteiger charge is -2.37. The summed E-state index contributed by atoms with van der Waals surface area (Å²) >= 11 is 0. The second-order valence-corrected chi connectivity index (χ2v) is 11.7. The lowest BCUT2D eigenvalue weighted by molar-refractivity contribution is -0.0985. The minimum Gasteiger partial charge on any atom is -0.380 e. The molecule has 1 spiro atoms. The predicted molar refractivity (Wildman–Crippen MR) is 174 cm³/mol. The highest BCUT2D eigenvalue weighted by molar-refractivity contribution is 5.98. The standard InChI is InChI=1S/C34H32N10O2/c1-42-20-27(19-39-42)25-7-12-30(36-17-25)44(33(45)38-16-24-5-3-2-4-6-24)29-10-8-28(9-11-29)40-32-37-18-26(15-35)31(41-32)43-14-13-34(21-43)22-46-23-34/h2-12,17-20H,13-14,16,21-23H2,1H3,(H,38,45)(H,37,40,41). The number of hydrogen-bond donors (Lipinski definition) is 2. The van der Waals surface area contributed by atoms with Gasteiger partial charge in [-0.05, 0) is 48.4 Å². The maximum absolute atomic E-state index is 13.6. The molecule has 0 aliphatic carbocycles. The van der Waals surface area contributed by atoms with Gasteiger partial charge in [0.2, 0.25) is 5.95 Å². The number of nitriles is 1. The average molecular weight is 613 g/mol. The Balaban J connectivity index is 1.12. The molecule has 0 unspecified atom stereocenters. The molecule has 0 atom stereocenters. The number of hydrogen-bond acceptors (Lipinski definition) is 9. The fourth-order valence-electron chi connectivity index (χ4n) is 5.78. The van der Waals surface area contributed by atoms with Crippen molar-refractivity contribution in [2.24, 2.45) is 12.5 Å². The molecule has 2 saturated heterocycles. The van der Waals surface area contributed by atoms with Crippen LogP contribution in [0.2, 0.25) is 0 Å². The van der Waals surface area contributed by atoms with Crippen LogP contribution in [-0.4, -0.2) is 57.1 Å². The number of aromatic nitrogens is 5. The van der Waals surface area contributed by atoms with Gasteiger partial charge >= 0.3 is 6.03 Å². The molecule has 12 heteroatoms. The van der Waals surface area contributed by atoms with E-state index in [1.165, 1.54) is 0 Å². The van der Waals surface area contributed by atoms with Gasteiger partial charge in [-0.15, -0.1) is 0 Å². The summed E-state index contributed by atoms with van der Waals surface area (Å²) in [5.74, 6) is 1.49. The first kappa shape index (κ1) is 28.9. The molecule has 2 amide bonds. The van der Waals surface area contributed by atoms with Gasteiger partial charge in [-0.1, -0.05) is 30.3 Å². The van der Waals surface area contributed by atoms with Gasteiger partial charge in [-0.2, -0.15) is 15.3 Å². The molecule has 5 heterocycles. The number of benzene rings is 2. The van der Waals surface area contributed by atoms with Gasteiger partial charge < -0.3 is 20.3 Å². The highest BCUT2D eigenvalue weighted by atomic mass is 16.5. The van der Waals surface area contributed by atoms with Crippen LogP contribution < -0.4 is 20.4 Å². The van der Waals surface area contributed by atoms with E-state index < -0.39 is 0 Å². The summed E-state index contributed by atoms with van der Waals surface area (Å²) < 4.78 is 7.19. The molecule has 2 aromatic carbocycles. The van der Waals surface area contributed by atoms with E-state index >= 15 is 0 Å². The molecular weight excluding hydrogens is 580 g/mol. The number of amides is 2. The van der Waals surface area contributed by atoms with Crippen LogP contribution in [0.4, 0.5) is 33.8 Å². The normalized spacial score (nSPS) is 14.8. The molecule has 230 valence electrons.